The fourth-order valence-electron chi connectivity index (χ4n) is 2.72. The maximum Gasteiger partial charge on any atom is 0.0406 e. The Hall–Kier alpha value is -0.530. The first-order valence-corrected chi connectivity index (χ1v) is 7.02. The second kappa shape index (κ2) is 5.88. The molecular formula is C15H22ClN. The molecule has 2 heteroatoms. The molecule has 1 saturated carbocycles. The van der Waals surface area contributed by atoms with E-state index in [9.17, 15) is 0 Å². The predicted molar refractivity (Wildman–Crippen MR) is 74.3 cm³/mol. The summed E-state index contributed by atoms with van der Waals surface area (Å²) in [6, 6.07) is 8.81. The molecule has 0 aromatic heterocycles. The largest absolute Gasteiger partial charge is 0.310 e. The summed E-state index contributed by atoms with van der Waals surface area (Å²) in [6.45, 7) is 5.71. The molecule has 0 heterocycles. The number of nitrogens with one attached hydrogen (secondary N) is 1. The number of hydrogen-bond acceptors (Lipinski definition) is 1. The van der Waals surface area contributed by atoms with E-state index in [1.54, 1.807) is 0 Å². The molecular weight excluding hydrogens is 230 g/mol. The predicted octanol–water partition coefficient (Wildman–Crippen LogP) is 4.25. The van der Waals surface area contributed by atoms with E-state index in [0.717, 1.165) is 23.4 Å². The molecule has 1 aromatic rings. The van der Waals surface area contributed by atoms with Crippen molar-refractivity contribution in [3.8, 4) is 0 Å². The molecule has 1 nitrogen and oxygen atoms in total. The lowest BCUT2D eigenvalue weighted by Crippen LogP contribution is -2.40. The fourth-order valence-corrected chi connectivity index (χ4v) is 2.85. The lowest BCUT2D eigenvalue weighted by Gasteiger charge is -2.34. The van der Waals surface area contributed by atoms with Crippen LogP contribution in [0.5, 0.6) is 0 Å². The van der Waals surface area contributed by atoms with Gasteiger partial charge < -0.3 is 5.32 Å². The monoisotopic (exact) mass is 251 g/mol. The Morgan fingerprint density at radius 2 is 1.88 bits per heavy atom. The lowest BCUT2D eigenvalue weighted by atomic mass is 9.78. The van der Waals surface area contributed by atoms with Gasteiger partial charge in [-0.25, -0.2) is 0 Å². The summed E-state index contributed by atoms with van der Waals surface area (Å²) >= 11 is 5.88. The molecule has 3 unspecified atom stereocenters. The van der Waals surface area contributed by atoms with Crippen molar-refractivity contribution in [2.24, 2.45) is 11.8 Å². The molecule has 1 fully saturated rings. The molecule has 1 N–H and O–H groups in total. The molecule has 0 spiro atoms. The van der Waals surface area contributed by atoms with Gasteiger partial charge in [-0.05, 0) is 36.0 Å². The van der Waals surface area contributed by atoms with Gasteiger partial charge in [0, 0.05) is 17.6 Å². The van der Waals surface area contributed by atoms with Gasteiger partial charge in [-0.1, -0.05) is 50.4 Å². The van der Waals surface area contributed by atoms with Crippen molar-refractivity contribution in [3.63, 3.8) is 0 Å². The smallest absolute Gasteiger partial charge is 0.0406 e. The highest BCUT2D eigenvalue weighted by atomic mass is 35.5. The Labute approximate surface area is 110 Å². The Morgan fingerprint density at radius 1 is 1.18 bits per heavy atom. The first kappa shape index (κ1) is 12.9. The van der Waals surface area contributed by atoms with Crippen LogP contribution in [-0.2, 0) is 6.54 Å². The van der Waals surface area contributed by atoms with Crippen molar-refractivity contribution in [2.75, 3.05) is 0 Å². The van der Waals surface area contributed by atoms with Crippen LogP contribution in [0, 0.1) is 11.8 Å². The Morgan fingerprint density at radius 3 is 2.59 bits per heavy atom. The van der Waals surface area contributed by atoms with E-state index >= 15 is 0 Å². The third-order valence-corrected chi connectivity index (χ3v) is 4.44. The maximum atomic E-state index is 5.88. The van der Waals surface area contributed by atoms with E-state index < -0.39 is 0 Å². The van der Waals surface area contributed by atoms with Crippen molar-refractivity contribution < 1.29 is 0 Å². The van der Waals surface area contributed by atoms with Gasteiger partial charge in [-0.15, -0.1) is 0 Å². The Bertz CT molecular complexity index is 346. The van der Waals surface area contributed by atoms with Crippen LogP contribution in [0.4, 0.5) is 0 Å². The first-order valence-electron chi connectivity index (χ1n) is 6.64. The average Bonchev–Trinajstić information content (AvgIpc) is 2.33. The van der Waals surface area contributed by atoms with Crippen molar-refractivity contribution in [1.29, 1.82) is 0 Å². The fraction of sp³-hybridized carbons (Fsp3) is 0.600. The summed E-state index contributed by atoms with van der Waals surface area (Å²) in [7, 11) is 0. The summed E-state index contributed by atoms with van der Waals surface area (Å²) in [4.78, 5) is 0. The molecule has 0 bridgehead atoms. The van der Waals surface area contributed by atoms with E-state index in [-0.39, 0.29) is 0 Å². The standard InChI is InChI=1S/C15H22ClN/c1-11-4-3-5-15(12(11)2)17-10-13-6-8-14(16)9-7-13/h6-9,11-12,15,17H,3-5,10H2,1-2H3. The van der Waals surface area contributed by atoms with E-state index in [1.165, 1.54) is 24.8 Å². The molecule has 0 amide bonds. The molecule has 0 aliphatic heterocycles. The summed E-state index contributed by atoms with van der Waals surface area (Å²) < 4.78 is 0. The molecule has 2 rings (SSSR count). The van der Waals surface area contributed by atoms with Crippen LogP contribution in [0.1, 0.15) is 38.7 Å². The van der Waals surface area contributed by atoms with E-state index in [4.69, 9.17) is 11.6 Å². The number of rotatable bonds is 3. The van der Waals surface area contributed by atoms with E-state index in [2.05, 4.69) is 31.3 Å². The van der Waals surface area contributed by atoms with Gasteiger partial charge in [0.15, 0.2) is 0 Å². The van der Waals surface area contributed by atoms with Gasteiger partial charge in [0.25, 0.3) is 0 Å². The molecule has 1 aromatic carbocycles. The zero-order valence-electron chi connectivity index (χ0n) is 10.7. The molecule has 94 valence electrons. The average molecular weight is 252 g/mol. The SMILES string of the molecule is CC1CCCC(NCc2ccc(Cl)cc2)C1C. The van der Waals surface area contributed by atoms with Crippen LogP contribution in [0.15, 0.2) is 24.3 Å². The van der Waals surface area contributed by atoms with Crippen LogP contribution in [0.25, 0.3) is 0 Å². The minimum absolute atomic E-state index is 0.675. The van der Waals surface area contributed by atoms with E-state index in [1.807, 2.05) is 12.1 Å². The van der Waals surface area contributed by atoms with Crippen molar-refractivity contribution >= 4 is 11.6 Å². The number of benzene rings is 1. The highest BCUT2D eigenvalue weighted by Gasteiger charge is 2.26. The molecule has 17 heavy (non-hydrogen) atoms. The van der Waals surface area contributed by atoms with Gasteiger partial charge in [0.05, 0.1) is 0 Å². The highest BCUT2D eigenvalue weighted by Crippen LogP contribution is 2.29. The zero-order chi connectivity index (χ0) is 12.3. The zero-order valence-corrected chi connectivity index (χ0v) is 11.5. The van der Waals surface area contributed by atoms with Crippen molar-refractivity contribution in [1.82, 2.24) is 5.32 Å². The highest BCUT2D eigenvalue weighted by molar-refractivity contribution is 6.30. The van der Waals surface area contributed by atoms with Gasteiger partial charge in [-0.2, -0.15) is 0 Å². The van der Waals surface area contributed by atoms with Crippen LogP contribution >= 0.6 is 11.6 Å². The van der Waals surface area contributed by atoms with Crippen LogP contribution in [0.3, 0.4) is 0 Å². The van der Waals surface area contributed by atoms with Gasteiger partial charge in [0.2, 0.25) is 0 Å². The molecule has 1 aliphatic rings. The van der Waals surface area contributed by atoms with Crippen LogP contribution in [-0.4, -0.2) is 6.04 Å². The van der Waals surface area contributed by atoms with Crippen LogP contribution < -0.4 is 5.32 Å². The third-order valence-electron chi connectivity index (χ3n) is 4.19. The van der Waals surface area contributed by atoms with Gasteiger partial charge in [-0.3, -0.25) is 0 Å². The Kier molecular flexibility index (Phi) is 4.47. The van der Waals surface area contributed by atoms with Crippen molar-refractivity contribution in [2.45, 2.75) is 45.7 Å². The molecule has 3 atom stereocenters. The van der Waals surface area contributed by atoms with Gasteiger partial charge in [0.1, 0.15) is 0 Å². The van der Waals surface area contributed by atoms with Crippen molar-refractivity contribution in [3.05, 3.63) is 34.9 Å². The van der Waals surface area contributed by atoms with Crippen LogP contribution in [0.2, 0.25) is 5.02 Å². The first-order chi connectivity index (χ1) is 8.16. The quantitative estimate of drug-likeness (QED) is 0.847. The molecule has 1 aliphatic carbocycles. The minimum Gasteiger partial charge on any atom is -0.310 e. The normalized spacial score (nSPS) is 29.2. The summed E-state index contributed by atoms with van der Waals surface area (Å²) in [5, 5.41) is 4.51. The van der Waals surface area contributed by atoms with E-state index in [0.29, 0.717) is 6.04 Å². The summed E-state index contributed by atoms with van der Waals surface area (Å²) in [5.74, 6) is 1.64. The second-order valence-corrected chi connectivity index (χ2v) is 5.82. The molecule has 0 radical (unpaired) electrons. The summed E-state index contributed by atoms with van der Waals surface area (Å²) in [6.07, 6.45) is 4.07. The topological polar surface area (TPSA) is 12.0 Å². The second-order valence-electron chi connectivity index (χ2n) is 5.38. The lowest BCUT2D eigenvalue weighted by molar-refractivity contribution is 0.206. The third kappa shape index (κ3) is 3.46. The Balaban J connectivity index is 1.87. The minimum atomic E-state index is 0.675. The molecule has 0 saturated heterocycles. The van der Waals surface area contributed by atoms with Gasteiger partial charge >= 0.3 is 0 Å². The number of halogens is 1. The summed E-state index contributed by atoms with van der Waals surface area (Å²) in [5.41, 5.74) is 1.32. The number of hydrogen-bond donors (Lipinski definition) is 1. The maximum absolute atomic E-state index is 5.88.